The Bertz CT molecular complexity index is 1230. The fourth-order valence-corrected chi connectivity index (χ4v) is 3.55. The molecule has 0 aliphatic carbocycles. The normalized spacial score (nSPS) is 20.5. The molecule has 0 saturated carbocycles. The topological polar surface area (TPSA) is 108 Å². The van der Waals surface area contributed by atoms with Gasteiger partial charge in [0, 0.05) is 30.3 Å². The summed E-state index contributed by atoms with van der Waals surface area (Å²) in [5, 5.41) is 17.2. The second-order valence-corrected chi connectivity index (χ2v) is 8.31. The molecule has 2 aromatic heterocycles. The average Bonchev–Trinajstić information content (AvgIpc) is 3.04. The van der Waals surface area contributed by atoms with Gasteiger partial charge in [-0.05, 0) is 44.5 Å². The van der Waals surface area contributed by atoms with E-state index in [9.17, 15) is 14.7 Å². The van der Waals surface area contributed by atoms with Crippen LogP contribution in [-0.2, 0) is 16.1 Å². The fraction of sp³-hybridized carbons (Fsp3) is 0.292. The van der Waals surface area contributed by atoms with E-state index in [1.54, 1.807) is 37.2 Å². The van der Waals surface area contributed by atoms with Gasteiger partial charge >= 0.3 is 0 Å². The van der Waals surface area contributed by atoms with Gasteiger partial charge in [-0.25, -0.2) is 4.98 Å². The summed E-state index contributed by atoms with van der Waals surface area (Å²) in [7, 11) is 1.72. The Morgan fingerprint density at radius 2 is 2.12 bits per heavy atom. The molecule has 0 fully saturated rings. The van der Waals surface area contributed by atoms with Crippen LogP contribution >= 0.6 is 0 Å². The number of benzene rings is 1. The Balaban J connectivity index is 1.48. The second-order valence-electron chi connectivity index (χ2n) is 8.31. The van der Waals surface area contributed by atoms with Crippen LogP contribution in [0.15, 0.2) is 47.0 Å². The number of nitrogens with one attached hydrogen (secondary N) is 2. The minimum absolute atomic E-state index is 0.183. The maximum absolute atomic E-state index is 12.6. The minimum atomic E-state index is -1.58. The molecule has 0 radical (unpaired) electrons. The number of likely N-dealkylation sites (N-methyl/N-ethyl adjacent to an activating group) is 1. The average molecular weight is 434 g/mol. The standard InChI is InChI=1S/C24H26N4O4/c1-14-17-7-5-6-8-19(17)32-20(14)13-28(4)21(29)10-9-16-11-18-22(25-12-16)27-23(30)24(3,31)15(2)26-18/h5-12,15,26,31H,13H2,1-4H3,(H,25,27,30)/b10-9+. The number of hydrogen-bond donors (Lipinski definition) is 3. The van der Waals surface area contributed by atoms with Crippen LogP contribution in [0, 0.1) is 6.92 Å². The number of pyridine rings is 1. The SMILES string of the molecule is Cc1c(CN(C)C(=O)/C=C/c2cnc3c(c2)NC(C)C(C)(O)C(=O)N3)oc2ccccc12. The summed E-state index contributed by atoms with van der Waals surface area (Å²) in [4.78, 5) is 30.7. The van der Waals surface area contributed by atoms with Gasteiger partial charge in [0.2, 0.25) is 5.91 Å². The van der Waals surface area contributed by atoms with Crippen molar-refractivity contribution >= 4 is 40.4 Å². The summed E-state index contributed by atoms with van der Waals surface area (Å²) in [6.07, 6.45) is 4.68. The van der Waals surface area contributed by atoms with E-state index in [2.05, 4.69) is 15.6 Å². The lowest BCUT2D eigenvalue weighted by Gasteiger charge is -2.26. The van der Waals surface area contributed by atoms with Crippen LogP contribution in [0.1, 0.15) is 30.7 Å². The lowest BCUT2D eigenvalue weighted by molar-refractivity contribution is -0.133. The number of rotatable bonds is 4. The Morgan fingerprint density at radius 1 is 1.38 bits per heavy atom. The maximum Gasteiger partial charge on any atom is 0.259 e. The zero-order valence-corrected chi connectivity index (χ0v) is 18.5. The number of fused-ring (bicyclic) bond motifs is 2. The molecule has 0 spiro atoms. The van der Waals surface area contributed by atoms with Gasteiger partial charge in [0.05, 0.1) is 18.3 Å². The van der Waals surface area contributed by atoms with E-state index in [1.807, 2.05) is 31.2 Å². The number of amides is 2. The first-order valence-electron chi connectivity index (χ1n) is 10.4. The molecular weight excluding hydrogens is 408 g/mol. The van der Waals surface area contributed by atoms with E-state index in [0.29, 0.717) is 23.6 Å². The molecule has 3 heterocycles. The molecular formula is C24H26N4O4. The summed E-state index contributed by atoms with van der Waals surface area (Å²) in [6, 6.07) is 9.04. The molecule has 1 aliphatic rings. The van der Waals surface area contributed by atoms with Crippen molar-refractivity contribution in [3.63, 3.8) is 0 Å². The monoisotopic (exact) mass is 434 g/mol. The Morgan fingerprint density at radius 3 is 2.88 bits per heavy atom. The molecule has 8 heteroatoms. The first-order chi connectivity index (χ1) is 15.2. The first-order valence-corrected chi connectivity index (χ1v) is 10.4. The summed E-state index contributed by atoms with van der Waals surface area (Å²) >= 11 is 0. The highest BCUT2D eigenvalue weighted by atomic mass is 16.3. The number of aliphatic hydroxyl groups is 1. The van der Waals surface area contributed by atoms with Crippen molar-refractivity contribution in [2.45, 2.75) is 39.0 Å². The van der Waals surface area contributed by atoms with Crippen molar-refractivity contribution in [2.75, 3.05) is 17.7 Å². The first kappa shape index (κ1) is 21.6. The van der Waals surface area contributed by atoms with Gasteiger partial charge in [-0.1, -0.05) is 18.2 Å². The third-order valence-corrected chi connectivity index (χ3v) is 5.93. The molecule has 0 saturated heterocycles. The number of furan rings is 1. The van der Waals surface area contributed by atoms with E-state index in [4.69, 9.17) is 4.42 Å². The lowest BCUT2D eigenvalue weighted by atomic mass is 9.97. The third kappa shape index (κ3) is 3.97. The molecule has 2 unspecified atom stereocenters. The second kappa shape index (κ2) is 8.12. The van der Waals surface area contributed by atoms with Crippen LogP contribution in [0.2, 0.25) is 0 Å². The van der Waals surface area contributed by atoms with Gasteiger partial charge in [0.25, 0.3) is 5.91 Å². The van der Waals surface area contributed by atoms with E-state index in [-0.39, 0.29) is 5.91 Å². The largest absolute Gasteiger partial charge is 0.459 e. The van der Waals surface area contributed by atoms with Crippen molar-refractivity contribution in [3.05, 3.63) is 59.5 Å². The highest BCUT2D eigenvalue weighted by Gasteiger charge is 2.39. The molecule has 32 heavy (non-hydrogen) atoms. The van der Waals surface area contributed by atoms with Gasteiger partial charge in [-0.3, -0.25) is 9.59 Å². The fourth-order valence-electron chi connectivity index (χ4n) is 3.55. The summed E-state index contributed by atoms with van der Waals surface area (Å²) in [5.74, 6) is 0.380. The van der Waals surface area contributed by atoms with Crippen LogP contribution < -0.4 is 10.6 Å². The van der Waals surface area contributed by atoms with Crippen LogP contribution in [0.4, 0.5) is 11.5 Å². The van der Waals surface area contributed by atoms with Crippen molar-refractivity contribution in [1.82, 2.24) is 9.88 Å². The number of carbonyl (C=O) groups excluding carboxylic acids is 2. The van der Waals surface area contributed by atoms with Crippen molar-refractivity contribution in [1.29, 1.82) is 0 Å². The quantitative estimate of drug-likeness (QED) is 0.544. The number of anilines is 2. The Labute approximate surface area is 185 Å². The highest BCUT2D eigenvalue weighted by Crippen LogP contribution is 2.29. The molecule has 4 rings (SSSR count). The van der Waals surface area contributed by atoms with Gasteiger partial charge in [0.1, 0.15) is 11.3 Å². The van der Waals surface area contributed by atoms with E-state index >= 15 is 0 Å². The van der Waals surface area contributed by atoms with Crippen LogP contribution in [-0.4, -0.2) is 45.5 Å². The van der Waals surface area contributed by atoms with Crippen molar-refractivity contribution in [2.24, 2.45) is 0 Å². The maximum atomic E-state index is 12.6. The molecule has 2 amide bonds. The van der Waals surface area contributed by atoms with Crippen LogP contribution in [0.25, 0.3) is 17.0 Å². The van der Waals surface area contributed by atoms with Crippen LogP contribution in [0.3, 0.4) is 0 Å². The highest BCUT2D eigenvalue weighted by molar-refractivity contribution is 6.01. The van der Waals surface area contributed by atoms with Crippen molar-refractivity contribution in [3.8, 4) is 0 Å². The Hall–Kier alpha value is -3.65. The van der Waals surface area contributed by atoms with Crippen LogP contribution in [0.5, 0.6) is 0 Å². The number of nitrogens with zero attached hydrogens (tertiary/aromatic N) is 2. The minimum Gasteiger partial charge on any atom is -0.459 e. The van der Waals surface area contributed by atoms with E-state index in [1.165, 1.54) is 13.0 Å². The lowest BCUT2D eigenvalue weighted by Crippen LogP contribution is -2.50. The number of aromatic nitrogens is 1. The predicted octanol–water partition coefficient (Wildman–Crippen LogP) is 3.31. The van der Waals surface area contributed by atoms with Crippen molar-refractivity contribution < 1.29 is 19.1 Å². The molecule has 3 aromatic rings. The molecule has 8 nitrogen and oxygen atoms in total. The number of carbonyl (C=O) groups is 2. The predicted molar refractivity (Wildman–Crippen MR) is 123 cm³/mol. The number of aryl methyl sites for hydroxylation is 1. The zero-order valence-electron chi connectivity index (χ0n) is 18.5. The van der Waals surface area contributed by atoms with Gasteiger partial charge < -0.3 is 25.1 Å². The number of hydrogen-bond acceptors (Lipinski definition) is 6. The zero-order chi connectivity index (χ0) is 23.0. The molecule has 1 aromatic carbocycles. The molecule has 1 aliphatic heterocycles. The summed E-state index contributed by atoms with van der Waals surface area (Å²) < 4.78 is 5.90. The Kier molecular flexibility index (Phi) is 5.48. The van der Waals surface area contributed by atoms with Gasteiger partial charge in [-0.15, -0.1) is 0 Å². The molecule has 166 valence electrons. The smallest absolute Gasteiger partial charge is 0.259 e. The van der Waals surface area contributed by atoms with E-state index in [0.717, 1.165) is 22.3 Å². The molecule has 2 atom stereocenters. The van der Waals surface area contributed by atoms with Gasteiger partial charge in [-0.2, -0.15) is 0 Å². The molecule has 3 N–H and O–H groups in total. The number of para-hydroxylation sites is 1. The third-order valence-electron chi connectivity index (χ3n) is 5.93. The van der Waals surface area contributed by atoms with Gasteiger partial charge in [0.15, 0.2) is 11.4 Å². The summed E-state index contributed by atoms with van der Waals surface area (Å²) in [5.41, 5.74) is 1.51. The summed E-state index contributed by atoms with van der Waals surface area (Å²) in [6.45, 7) is 5.51. The molecule has 0 bridgehead atoms. The van der Waals surface area contributed by atoms with E-state index < -0.39 is 17.6 Å².